The molecular formula is C29H34N2O3S. The van der Waals surface area contributed by atoms with E-state index >= 15 is 0 Å². The van der Waals surface area contributed by atoms with Gasteiger partial charge >= 0.3 is 0 Å². The highest BCUT2D eigenvalue weighted by molar-refractivity contribution is 7.92. The van der Waals surface area contributed by atoms with Crippen molar-refractivity contribution in [1.29, 1.82) is 0 Å². The lowest BCUT2D eigenvalue weighted by Gasteiger charge is -2.26. The fourth-order valence-corrected chi connectivity index (χ4v) is 6.05. The molecule has 0 fully saturated rings. The molecule has 0 heterocycles. The number of aryl methyl sites for hydroxylation is 4. The van der Waals surface area contributed by atoms with Gasteiger partial charge in [-0.2, -0.15) is 0 Å². The normalized spacial score (nSPS) is 14.1. The fraction of sp³-hybridized carbons (Fsp3) is 0.345. The van der Waals surface area contributed by atoms with Crippen LogP contribution in [0.3, 0.4) is 0 Å². The maximum absolute atomic E-state index is 13.6. The van der Waals surface area contributed by atoms with E-state index in [0.717, 1.165) is 36.0 Å². The number of carbonyl (C=O) groups is 1. The summed E-state index contributed by atoms with van der Waals surface area (Å²) in [5, 5.41) is 3.09. The van der Waals surface area contributed by atoms with E-state index in [4.69, 9.17) is 0 Å². The first-order chi connectivity index (χ1) is 16.8. The third-order valence-electron chi connectivity index (χ3n) is 6.74. The van der Waals surface area contributed by atoms with Crippen LogP contribution in [0.25, 0.3) is 0 Å². The molecule has 4 rings (SSSR count). The molecule has 1 N–H and O–H groups in total. The van der Waals surface area contributed by atoms with Crippen molar-refractivity contribution in [2.24, 2.45) is 0 Å². The molecule has 1 unspecified atom stereocenters. The lowest BCUT2D eigenvalue weighted by molar-refractivity contribution is -0.120. The van der Waals surface area contributed by atoms with Crippen LogP contribution in [0, 0.1) is 13.8 Å². The Morgan fingerprint density at radius 1 is 0.886 bits per heavy atom. The first-order valence-electron chi connectivity index (χ1n) is 12.3. The summed E-state index contributed by atoms with van der Waals surface area (Å²) in [6.45, 7) is 5.60. The smallest absolute Gasteiger partial charge is 0.264 e. The summed E-state index contributed by atoms with van der Waals surface area (Å²) < 4.78 is 28.4. The summed E-state index contributed by atoms with van der Waals surface area (Å²) in [5.41, 5.74) is 6.29. The van der Waals surface area contributed by atoms with Gasteiger partial charge in [0, 0.05) is 0 Å². The van der Waals surface area contributed by atoms with Crippen molar-refractivity contribution in [3.63, 3.8) is 0 Å². The van der Waals surface area contributed by atoms with Gasteiger partial charge in [-0.25, -0.2) is 8.42 Å². The first kappa shape index (κ1) is 25.0. The number of fused-ring (bicyclic) bond motifs is 1. The van der Waals surface area contributed by atoms with Gasteiger partial charge < -0.3 is 5.32 Å². The minimum absolute atomic E-state index is 0.165. The van der Waals surface area contributed by atoms with Crippen molar-refractivity contribution < 1.29 is 13.2 Å². The SMILES string of the molecule is CCC(NC(=O)CN(c1ccc(C)cc1)S(=O)(=O)c1ccc(C)cc1)c1ccc2c(c1)CCCC2. The lowest BCUT2D eigenvalue weighted by atomic mass is 9.89. The zero-order valence-corrected chi connectivity index (χ0v) is 21.6. The van der Waals surface area contributed by atoms with E-state index in [9.17, 15) is 13.2 Å². The van der Waals surface area contributed by atoms with Crippen LogP contribution in [0.15, 0.2) is 71.6 Å². The number of amides is 1. The van der Waals surface area contributed by atoms with Crippen molar-refractivity contribution in [3.05, 3.63) is 94.5 Å². The van der Waals surface area contributed by atoms with Crippen molar-refractivity contribution in [2.75, 3.05) is 10.8 Å². The van der Waals surface area contributed by atoms with Crippen molar-refractivity contribution in [2.45, 2.75) is 63.8 Å². The molecule has 6 heteroatoms. The maximum Gasteiger partial charge on any atom is 0.264 e. The molecule has 5 nitrogen and oxygen atoms in total. The largest absolute Gasteiger partial charge is 0.348 e. The molecule has 0 saturated heterocycles. The van der Waals surface area contributed by atoms with E-state index in [1.165, 1.54) is 28.3 Å². The average Bonchev–Trinajstić information content (AvgIpc) is 2.86. The second-order valence-electron chi connectivity index (χ2n) is 9.42. The van der Waals surface area contributed by atoms with Crippen LogP contribution < -0.4 is 9.62 Å². The summed E-state index contributed by atoms with van der Waals surface area (Å²) in [7, 11) is -3.93. The number of nitrogens with one attached hydrogen (secondary N) is 1. The van der Waals surface area contributed by atoms with Crippen LogP contribution in [-0.4, -0.2) is 20.9 Å². The molecule has 3 aromatic carbocycles. The third-order valence-corrected chi connectivity index (χ3v) is 8.52. The molecule has 1 aliphatic rings. The Hall–Kier alpha value is -3.12. The monoisotopic (exact) mass is 490 g/mol. The Bertz CT molecular complexity index is 1280. The molecular weight excluding hydrogens is 456 g/mol. The second kappa shape index (κ2) is 10.6. The highest BCUT2D eigenvalue weighted by Gasteiger charge is 2.28. The summed E-state index contributed by atoms with van der Waals surface area (Å²) in [6, 6.07) is 20.2. The lowest BCUT2D eigenvalue weighted by Crippen LogP contribution is -2.42. The number of nitrogens with zero attached hydrogens (tertiary/aromatic N) is 1. The van der Waals surface area contributed by atoms with Gasteiger partial charge in [0.15, 0.2) is 0 Å². The Kier molecular flexibility index (Phi) is 7.60. The number of hydrogen-bond donors (Lipinski definition) is 1. The van der Waals surface area contributed by atoms with Gasteiger partial charge in [-0.3, -0.25) is 9.10 Å². The molecule has 0 bridgehead atoms. The topological polar surface area (TPSA) is 66.5 Å². The fourth-order valence-electron chi connectivity index (χ4n) is 4.63. The molecule has 0 spiro atoms. The molecule has 0 aromatic heterocycles. The number of sulfonamides is 1. The Labute approximate surface area is 209 Å². The van der Waals surface area contributed by atoms with E-state index in [0.29, 0.717) is 5.69 Å². The zero-order valence-electron chi connectivity index (χ0n) is 20.8. The molecule has 1 amide bonds. The summed E-state index contributed by atoms with van der Waals surface area (Å²) in [4.78, 5) is 13.4. The summed E-state index contributed by atoms with van der Waals surface area (Å²) in [5.74, 6) is -0.328. The predicted octanol–water partition coefficient (Wildman–Crippen LogP) is 5.65. The predicted molar refractivity (Wildman–Crippen MR) is 141 cm³/mol. The summed E-state index contributed by atoms with van der Waals surface area (Å²) >= 11 is 0. The summed E-state index contributed by atoms with van der Waals surface area (Å²) in [6.07, 6.45) is 5.33. The molecule has 0 aliphatic heterocycles. The van der Waals surface area contributed by atoms with E-state index in [-0.39, 0.29) is 23.4 Å². The van der Waals surface area contributed by atoms with E-state index < -0.39 is 10.0 Å². The van der Waals surface area contributed by atoms with Crippen molar-refractivity contribution >= 4 is 21.6 Å². The molecule has 184 valence electrons. The second-order valence-corrected chi connectivity index (χ2v) is 11.3. The van der Waals surface area contributed by atoms with Crippen LogP contribution in [0.5, 0.6) is 0 Å². The van der Waals surface area contributed by atoms with E-state index in [1.807, 2.05) is 32.9 Å². The number of anilines is 1. The minimum Gasteiger partial charge on any atom is -0.348 e. The number of hydrogen-bond acceptors (Lipinski definition) is 3. The van der Waals surface area contributed by atoms with Crippen LogP contribution in [0.4, 0.5) is 5.69 Å². The molecule has 0 radical (unpaired) electrons. The Morgan fingerprint density at radius 2 is 1.49 bits per heavy atom. The van der Waals surface area contributed by atoms with Crippen LogP contribution in [0.1, 0.15) is 60.0 Å². The van der Waals surface area contributed by atoms with Gasteiger partial charge in [0.05, 0.1) is 16.6 Å². The third kappa shape index (κ3) is 5.76. The van der Waals surface area contributed by atoms with Crippen molar-refractivity contribution in [1.82, 2.24) is 5.32 Å². The van der Waals surface area contributed by atoms with E-state index in [1.54, 1.807) is 36.4 Å². The van der Waals surface area contributed by atoms with Gasteiger partial charge in [0.25, 0.3) is 10.0 Å². The van der Waals surface area contributed by atoms with Gasteiger partial charge in [-0.1, -0.05) is 60.5 Å². The quantitative estimate of drug-likeness (QED) is 0.444. The highest BCUT2D eigenvalue weighted by Crippen LogP contribution is 2.27. The minimum atomic E-state index is -3.93. The molecule has 1 atom stereocenters. The number of benzene rings is 3. The molecule has 0 saturated carbocycles. The molecule has 1 aliphatic carbocycles. The van der Waals surface area contributed by atoms with Gasteiger partial charge in [0.2, 0.25) is 5.91 Å². The maximum atomic E-state index is 13.6. The molecule has 3 aromatic rings. The highest BCUT2D eigenvalue weighted by atomic mass is 32.2. The van der Waals surface area contributed by atoms with E-state index in [2.05, 4.69) is 23.5 Å². The van der Waals surface area contributed by atoms with Gasteiger partial charge in [-0.05, 0) is 86.9 Å². The van der Waals surface area contributed by atoms with Crippen LogP contribution >= 0.6 is 0 Å². The van der Waals surface area contributed by atoms with Crippen LogP contribution in [0.2, 0.25) is 0 Å². The van der Waals surface area contributed by atoms with Gasteiger partial charge in [0.1, 0.15) is 6.54 Å². The standard InChI is InChI=1S/C29H34N2O3S/c1-4-28(25-14-13-23-7-5-6-8-24(23)19-25)30-29(32)20-31(26-15-9-21(2)10-16-26)35(33,34)27-17-11-22(3)12-18-27/h9-19,28H,4-8,20H2,1-3H3,(H,30,32). The first-order valence-corrected chi connectivity index (χ1v) is 13.8. The average molecular weight is 491 g/mol. The zero-order chi connectivity index (χ0) is 25.0. The van der Waals surface area contributed by atoms with Gasteiger partial charge in [-0.15, -0.1) is 0 Å². The number of rotatable bonds is 8. The number of carbonyl (C=O) groups excluding carboxylic acids is 1. The van der Waals surface area contributed by atoms with Crippen LogP contribution in [-0.2, 0) is 27.7 Å². The Morgan fingerprint density at radius 3 is 2.11 bits per heavy atom. The Balaban J connectivity index is 1.59. The van der Waals surface area contributed by atoms with Crippen molar-refractivity contribution in [3.8, 4) is 0 Å². The molecule has 35 heavy (non-hydrogen) atoms.